The van der Waals surface area contributed by atoms with Gasteiger partial charge in [-0.15, -0.1) is 11.3 Å². The average molecular weight is 375 g/mol. The van der Waals surface area contributed by atoms with E-state index in [1.165, 1.54) is 41.9 Å². The Hall–Kier alpha value is -1.40. The van der Waals surface area contributed by atoms with Crippen molar-refractivity contribution < 1.29 is 14.8 Å². The van der Waals surface area contributed by atoms with Crippen LogP contribution in [0.25, 0.3) is 0 Å². The van der Waals surface area contributed by atoms with Gasteiger partial charge in [0, 0.05) is 23.4 Å². The van der Waals surface area contributed by atoms with Crippen LogP contribution in [-0.4, -0.2) is 28.5 Å². The summed E-state index contributed by atoms with van der Waals surface area (Å²) in [6.07, 6.45) is 9.37. The van der Waals surface area contributed by atoms with Crippen LogP contribution in [0.5, 0.6) is 0 Å². The first-order chi connectivity index (χ1) is 12.6. The van der Waals surface area contributed by atoms with E-state index in [0.717, 1.165) is 55.5 Å². The minimum absolute atomic E-state index is 0.113. The number of amides is 2. The van der Waals surface area contributed by atoms with Gasteiger partial charge in [0.25, 0.3) is 5.91 Å². The van der Waals surface area contributed by atoms with Gasteiger partial charge in [0.05, 0.1) is 4.88 Å². The average Bonchev–Trinajstić information content (AvgIpc) is 2.97. The smallest absolute Gasteiger partial charge is 0.284 e. The molecule has 4 fully saturated rings. The molecule has 4 aliphatic carbocycles. The summed E-state index contributed by atoms with van der Waals surface area (Å²) in [6.45, 7) is 1.37. The maximum Gasteiger partial charge on any atom is 0.284 e. The maximum absolute atomic E-state index is 13.6. The summed E-state index contributed by atoms with van der Waals surface area (Å²) >= 11 is 1.43. The molecule has 1 aromatic heterocycles. The number of thiophene rings is 1. The highest BCUT2D eigenvalue weighted by molar-refractivity contribution is 7.14. The number of hydroxylamine groups is 1. The molecule has 6 rings (SSSR count). The predicted octanol–water partition coefficient (Wildman–Crippen LogP) is 3.36. The summed E-state index contributed by atoms with van der Waals surface area (Å²) in [5.41, 5.74) is 2.68. The Labute approximate surface area is 157 Å². The van der Waals surface area contributed by atoms with Gasteiger partial charge in [0.2, 0.25) is 5.91 Å². The van der Waals surface area contributed by atoms with Gasteiger partial charge in [-0.05, 0) is 80.8 Å². The van der Waals surface area contributed by atoms with Crippen LogP contribution in [0, 0.1) is 23.2 Å². The van der Waals surface area contributed by atoms with Crippen LogP contribution in [0.4, 0.5) is 0 Å². The van der Waals surface area contributed by atoms with Gasteiger partial charge in [0.1, 0.15) is 0 Å². The van der Waals surface area contributed by atoms with Crippen molar-refractivity contribution in [3.05, 3.63) is 21.4 Å². The van der Waals surface area contributed by atoms with Crippen LogP contribution in [0.3, 0.4) is 0 Å². The molecule has 6 heteroatoms. The molecule has 2 amide bonds. The van der Waals surface area contributed by atoms with E-state index in [-0.39, 0.29) is 5.41 Å². The lowest BCUT2D eigenvalue weighted by Gasteiger charge is -2.46. The van der Waals surface area contributed by atoms with Gasteiger partial charge < -0.3 is 4.90 Å². The van der Waals surface area contributed by atoms with E-state index in [1.807, 2.05) is 6.07 Å². The van der Waals surface area contributed by atoms with E-state index in [2.05, 4.69) is 4.90 Å². The van der Waals surface area contributed by atoms with Crippen molar-refractivity contribution >= 4 is 23.2 Å². The van der Waals surface area contributed by atoms with Crippen molar-refractivity contribution in [1.29, 1.82) is 0 Å². The Kier molecular flexibility index (Phi) is 3.90. The number of nitrogens with one attached hydrogen (secondary N) is 1. The summed E-state index contributed by atoms with van der Waals surface area (Å²) in [4.78, 5) is 29.1. The fraction of sp³-hybridized carbons (Fsp3) is 0.700. The second-order valence-corrected chi connectivity index (χ2v) is 10.1. The number of carbonyl (C=O) groups excluding carboxylic acids is 2. The summed E-state index contributed by atoms with van der Waals surface area (Å²) in [6, 6.07) is 1.84. The molecule has 0 aromatic carbocycles. The zero-order valence-electron chi connectivity index (χ0n) is 15.0. The third-order valence-electron chi connectivity index (χ3n) is 7.32. The van der Waals surface area contributed by atoms with Crippen molar-refractivity contribution in [1.82, 2.24) is 10.4 Å². The van der Waals surface area contributed by atoms with Crippen molar-refractivity contribution in [3.63, 3.8) is 0 Å². The quantitative estimate of drug-likeness (QED) is 0.616. The van der Waals surface area contributed by atoms with Crippen LogP contribution in [0.1, 0.15) is 65.1 Å². The maximum atomic E-state index is 13.6. The minimum Gasteiger partial charge on any atom is -0.337 e. The Bertz CT molecular complexity index is 744. The van der Waals surface area contributed by atoms with E-state index in [9.17, 15) is 9.59 Å². The first-order valence-electron chi connectivity index (χ1n) is 9.92. The zero-order chi connectivity index (χ0) is 17.9. The molecular formula is C20H26N2O3S. The van der Waals surface area contributed by atoms with Gasteiger partial charge in [-0.2, -0.15) is 0 Å². The third-order valence-corrected chi connectivity index (χ3v) is 8.56. The van der Waals surface area contributed by atoms with Crippen molar-refractivity contribution in [3.8, 4) is 0 Å². The van der Waals surface area contributed by atoms with Crippen molar-refractivity contribution in [2.75, 3.05) is 6.54 Å². The van der Waals surface area contributed by atoms with Crippen LogP contribution < -0.4 is 5.48 Å². The normalized spacial score (nSPS) is 35.1. The lowest BCUT2D eigenvalue weighted by atomic mass is 9.61. The van der Waals surface area contributed by atoms with Crippen LogP contribution >= 0.6 is 11.3 Å². The largest absolute Gasteiger partial charge is 0.337 e. The number of fused-ring (bicyclic) bond motifs is 2. The van der Waals surface area contributed by atoms with Crippen LogP contribution in [0.2, 0.25) is 0 Å². The number of carbonyl (C=O) groups is 2. The minimum atomic E-state index is -0.459. The fourth-order valence-corrected chi connectivity index (χ4v) is 7.49. The molecule has 5 nitrogen and oxygen atoms in total. The van der Waals surface area contributed by atoms with E-state index in [0.29, 0.717) is 17.3 Å². The zero-order valence-corrected chi connectivity index (χ0v) is 15.8. The number of nitrogens with zero attached hydrogens (tertiary/aromatic N) is 1. The molecule has 1 aromatic rings. The van der Waals surface area contributed by atoms with Gasteiger partial charge in [-0.1, -0.05) is 0 Å². The molecule has 0 spiro atoms. The Morgan fingerprint density at radius 1 is 1.19 bits per heavy atom. The molecule has 140 valence electrons. The number of rotatable bonds is 2. The second-order valence-electron chi connectivity index (χ2n) is 9.01. The molecule has 2 N–H and O–H groups in total. The number of hydrogen-bond acceptors (Lipinski definition) is 4. The van der Waals surface area contributed by atoms with E-state index >= 15 is 0 Å². The standard InChI is InChI=1S/C20H26N2O3S/c23-18(21-25)17-8-15-11-22(4-2-16(15)26-17)19(24)20-3-1-12-5-13(9-20)7-14(6-12)10-20/h8,12-14,25H,1-7,9-11H2,(H,21,23). The molecule has 1 aliphatic heterocycles. The second kappa shape index (κ2) is 6.06. The van der Waals surface area contributed by atoms with Gasteiger partial charge in [-0.3, -0.25) is 14.8 Å². The highest BCUT2D eigenvalue weighted by Gasteiger charge is 2.52. The van der Waals surface area contributed by atoms with E-state index < -0.39 is 5.91 Å². The lowest BCUT2D eigenvalue weighted by molar-refractivity contribution is -0.148. The molecular weight excluding hydrogens is 348 g/mol. The van der Waals surface area contributed by atoms with E-state index in [1.54, 1.807) is 5.48 Å². The fourth-order valence-electron chi connectivity index (χ4n) is 6.44. The molecule has 4 bridgehead atoms. The molecule has 2 atom stereocenters. The molecule has 4 saturated carbocycles. The van der Waals surface area contributed by atoms with Gasteiger partial charge >= 0.3 is 0 Å². The Balaban J connectivity index is 1.38. The highest BCUT2D eigenvalue weighted by Crippen LogP contribution is 2.57. The SMILES string of the molecule is O=C(NO)c1cc2c(s1)CCN(C(=O)C13CCC4CC(CC(C4)C1)C3)C2. The number of hydrogen-bond donors (Lipinski definition) is 2. The Morgan fingerprint density at radius 2 is 1.92 bits per heavy atom. The van der Waals surface area contributed by atoms with Crippen LogP contribution in [-0.2, 0) is 17.8 Å². The lowest BCUT2D eigenvalue weighted by Crippen LogP contribution is -2.49. The summed E-state index contributed by atoms with van der Waals surface area (Å²) in [5.74, 6) is 2.31. The van der Waals surface area contributed by atoms with Crippen molar-refractivity contribution in [2.24, 2.45) is 23.2 Å². The molecule has 5 aliphatic rings. The summed E-state index contributed by atoms with van der Waals surface area (Å²) in [7, 11) is 0. The monoisotopic (exact) mass is 374 g/mol. The Morgan fingerprint density at radius 3 is 2.65 bits per heavy atom. The van der Waals surface area contributed by atoms with Crippen molar-refractivity contribution in [2.45, 2.75) is 57.9 Å². The first-order valence-corrected chi connectivity index (χ1v) is 10.7. The van der Waals surface area contributed by atoms with Gasteiger partial charge in [-0.25, -0.2) is 5.48 Å². The molecule has 2 unspecified atom stereocenters. The highest BCUT2D eigenvalue weighted by atomic mass is 32.1. The molecule has 2 heterocycles. The summed E-state index contributed by atoms with van der Waals surface area (Å²) in [5, 5.41) is 8.85. The predicted molar refractivity (Wildman–Crippen MR) is 97.9 cm³/mol. The summed E-state index contributed by atoms with van der Waals surface area (Å²) < 4.78 is 0. The van der Waals surface area contributed by atoms with Crippen LogP contribution in [0.15, 0.2) is 6.07 Å². The molecule has 0 radical (unpaired) electrons. The third kappa shape index (κ3) is 2.61. The first kappa shape index (κ1) is 16.8. The van der Waals surface area contributed by atoms with E-state index in [4.69, 9.17) is 5.21 Å². The topological polar surface area (TPSA) is 69.6 Å². The molecule has 26 heavy (non-hydrogen) atoms. The van der Waals surface area contributed by atoms with Gasteiger partial charge in [0.15, 0.2) is 0 Å². The molecule has 0 saturated heterocycles.